The fourth-order valence-electron chi connectivity index (χ4n) is 3.10. The molecule has 2 aromatic heterocycles. The summed E-state index contributed by atoms with van der Waals surface area (Å²) in [6.07, 6.45) is 4.08. The van der Waals surface area contributed by atoms with Crippen LogP contribution < -0.4 is 14.8 Å². The van der Waals surface area contributed by atoms with Gasteiger partial charge in [0, 0.05) is 23.8 Å². The van der Waals surface area contributed by atoms with Crippen LogP contribution in [0.4, 0.5) is 0 Å². The van der Waals surface area contributed by atoms with Gasteiger partial charge in [-0.3, -0.25) is 14.3 Å². The van der Waals surface area contributed by atoms with E-state index in [1.54, 1.807) is 19.6 Å². The highest BCUT2D eigenvalue weighted by Crippen LogP contribution is 2.23. The Balaban J connectivity index is 1.20. The highest BCUT2D eigenvalue weighted by molar-refractivity contribution is 7.99. The van der Waals surface area contributed by atoms with E-state index in [0.29, 0.717) is 24.7 Å². The van der Waals surface area contributed by atoms with Crippen LogP contribution >= 0.6 is 11.8 Å². The Kier molecular flexibility index (Phi) is 7.19. The van der Waals surface area contributed by atoms with Crippen molar-refractivity contribution < 1.29 is 14.3 Å². The predicted octanol–water partition coefficient (Wildman–Crippen LogP) is 3.50. The zero-order chi connectivity index (χ0) is 22.2. The van der Waals surface area contributed by atoms with Crippen LogP contribution in [0.5, 0.6) is 11.5 Å². The van der Waals surface area contributed by atoms with Crippen molar-refractivity contribution in [3.8, 4) is 17.2 Å². The quantitative estimate of drug-likeness (QED) is 0.293. The molecule has 1 N–H and O–H groups in total. The van der Waals surface area contributed by atoms with E-state index in [-0.39, 0.29) is 11.7 Å². The number of amides is 1. The van der Waals surface area contributed by atoms with Crippen molar-refractivity contribution >= 4 is 28.6 Å². The number of para-hydroxylation sites is 1. The molecule has 2 heterocycles. The van der Waals surface area contributed by atoms with E-state index in [4.69, 9.17) is 9.47 Å². The molecule has 0 aliphatic rings. The number of pyridine rings is 1. The lowest BCUT2D eigenvalue weighted by atomic mass is 10.2. The highest BCUT2D eigenvalue weighted by atomic mass is 32.2. The first kappa shape index (κ1) is 21.6. The summed E-state index contributed by atoms with van der Waals surface area (Å²) in [7, 11) is 1.63. The molecule has 1 amide bonds. The summed E-state index contributed by atoms with van der Waals surface area (Å²) in [6.45, 7) is 1.03. The molecule has 0 unspecified atom stereocenters. The van der Waals surface area contributed by atoms with E-state index in [1.165, 1.54) is 11.8 Å². The lowest BCUT2D eigenvalue weighted by Crippen LogP contribution is -2.27. The third kappa shape index (κ3) is 5.36. The van der Waals surface area contributed by atoms with Gasteiger partial charge in [0.25, 0.3) is 0 Å². The first-order valence-corrected chi connectivity index (χ1v) is 11.1. The van der Waals surface area contributed by atoms with Crippen LogP contribution in [-0.4, -0.2) is 51.7 Å². The number of hydrogen-bond acceptors (Lipinski definition) is 7. The molecule has 0 atom stereocenters. The molecule has 2 aromatic carbocycles. The molecule has 0 spiro atoms. The van der Waals surface area contributed by atoms with E-state index < -0.39 is 0 Å². The summed E-state index contributed by atoms with van der Waals surface area (Å²) in [6, 6.07) is 17.3. The number of rotatable bonds is 10. The SMILES string of the molecule is COc1ccc(-n2cnnc2SCC(=O)NCCCOc2cccc3cccnc23)cc1. The average Bonchev–Trinajstić information content (AvgIpc) is 3.31. The molecule has 164 valence electrons. The average molecular weight is 450 g/mol. The summed E-state index contributed by atoms with van der Waals surface area (Å²) in [4.78, 5) is 16.6. The smallest absolute Gasteiger partial charge is 0.230 e. The number of ether oxygens (including phenoxy) is 2. The molecule has 0 aliphatic heterocycles. The number of methoxy groups -OCH3 is 1. The summed E-state index contributed by atoms with van der Waals surface area (Å²) in [5.41, 5.74) is 1.75. The Morgan fingerprint density at radius 3 is 2.81 bits per heavy atom. The van der Waals surface area contributed by atoms with Gasteiger partial charge in [-0.15, -0.1) is 10.2 Å². The van der Waals surface area contributed by atoms with Crippen LogP contribution in [0, 0.1) is 0 Å². The normalized spacial score (nSPS) is 10.8. The van der Waals surface area contributed by atoms with E-state index >= 15 is 0 Å². The predicted molar refractivity (Wildman–Crippen MR) is 123 cm³/mol. The maximum absolute atomic E-state index is 12.2. The van der Waals surface area contributed by atoms with Crippen LogP contribution in [-0.2, 0) is 4.79 Å². The number of fused-ring (bicyclic) bond motifs is 1. The maximum atomic E-state index is 12.2. The summed E-state index contributed by atoms with van der Waals surface area (Å²) < 4.78 is 12.9. The number of hydrogen-bond donors (Lipinski definition) is 1. The number of aromatic nitrogens is 4. The second-order valence-corrected chi connectivity index (χ2v) is 7.80. The van der Waals surface area contributed by atoms with Gasteiger partial charge in [-0.05, 0) is 42.8 Å². The van der Waals surface area contributed by atoms with Gasteiger partial charge in [-0.1, -0.05) is 30.0 Å². The lowest BCUT2D eigenvalue weighted by molar-refractivity contribution is -0.118. The van der Waals surface area contributed by atoms with Gasteiger partial charge in [0.2, 0.25) is 5.91 Å². The molecule has 4 aromatic rings. The van der Waals surface area contributed by atoms with Crippen molar-refractivity contribution in [2.45, 2.75) is 11.6 Å². The van der Waals surface area contributed by atoms with Crippen molar-refractivity contribution in [3.63, 3.8) is 0 Å². The van der Waals surface area contributed by atoms with Gasteiger partial charge >= 0.3 is 0 Å². The molecule has 0 saturated heterocycles. The van der Waals surface area contributed by atoms with Crippen LogP contribution in [0.3, 0.4) is 0 Å². The second kappa shape index (κ2) is 10.6. The molecule has 0 aliphatic carbocycles. The van der Waals surface area contributed by atoms with Crippen LogP contribution in [0.2, 0.25) is 0 Å². The first-order chi connectivity index (χ1) is 15.7. The van der Waals surface area contributed by atoms with Crippen LogP contribution in [0.1, 0.15) is 6.42 Å². The Morgan fingerprint density at radius 1 is 1.12 bits per heavy atom. The standard InChI is InChI=1S/C23H23N5O3S/c1-30-19-10-8-18(9-11-19)28-16-26-27-23(28)32-15-21(29)24-13-4-14-31-20-7-2-5-17-6-3-12-25-22(17)20/h2-3,5-12,16H,4,13-15H2,1H3,(H,24,29). The largest absolute Gasteiger partial charge is 0.497 e. The summed E-state index contributed by atoms with van der Waals surface area (Å²) in [5, 5.41) is 12.7. The van der Waals surface area contributed by atoms with Crippen molar-refractivity contribution in [2.75, 3.05) is 26.0 Å². The maximum Gasteiger partial charge on any atom is 0.230 e. The number of thioether (sulfide) groups is 1. The number of carbonyl (C=O) groups excluding carboxylic acids is 1. The van der Waals surface area contributed by atoms with Crippen LogP contribution in [0.25, 0.3) is 16.6 Å². The van der Waals surface area contributed by atoms with Crippen LogP contribution in [0.15, 0.2) is 72.3 Å². The molecular formula is C23H23N5O3S. The molecule has 9 heteroatoms. The second-order valence-electron chi connectivity index (χ2n) is 6.85. The summed E-state index contributed by atoms with van der Waals surface area (Å²) in [5.74, 6) is 1.72. The fraction of sp³-hybridized carbons (Fsp3) is 0.217. The van der Waals surface area contributed by atoms with E-state index in [1.807, 2.05) is 59.2 Å². The molecule has 0 fully saturated rings. The fourth-order valence-corrected chi connectivity index (χ4v) is 3.86. The molecule has 0 saturated carbocycles. The number of benzene rings is 2. The zero-order valence-electron chi connectivity index (χ0n) is 17.6. The molecule has 4 rings (SSSR count). The van der Waals surface area contributed by atoms with Crippen molar-refractivity contribution in [2.24, 2.45) is 0 Å². The molecular weight excluding hydrogens is 426 g/mol. The molecule has 0 bridgehead atoms. The van der Waals surface area contributed by atoms with Gasteiger partial charge in [0.05, 0.1) is 19.5 Å². The van der Waals surface area contributed by atoms with E-state index in [2.05, 4.69) is 20.5 Å². The van der Waals surface area contributed by atoms with Gasteiger partial charge in [-0.25, -0.2) is 0 Å². The highest BCUT2D eigenvalue weighted by Gasteiger charge is 2.10. The minimum absolute atomic E-state index is 0.0638. The monoisotopic (exact) mass is 449 g/mol. The zero-order valence-corrected chi connectivity index (χ0v) is 18.4. The van der Waals surface area contributed by atoms with E-state index in [0.717, 1.165) is 28.1 Å². The third-order valence-electron chi connectivity index (χ3n) is 4.70. The molecule has 0 radical (unpaired) electrons. The van der Waals surface area contributed by atoms with Crippen molar-refractivity contribution in [3.05, 3.63) is 67.1 Å². The van der Waals surface area contributed by atoms with Gasteiger partial charge < -0.3 is 14.8 Å². The molecule has 8 nitrogen and oxygen atoms in total. The Labute approximate surface area is 190 Å². The number of nitrogens with one attached hydrogen (secondary N) is 1. The number of nitrogens with zero attached hydrogens (tertiary/aromatic N) is 4. The Bertz CT molecular complexity index is 1170. The minimum Gasteiger partial charge on any atom is -0.497 e. The summed E-state index contributed by atoms with van der Waals surface area (Å²) >= 11 is 1.34. The Hall–Kier alpha value is -3.59. The van der Waals surface area contributed by atoms with Gasteiger partial charge in [0.15, 0.2) is 5.16 Å². The third-order valence-corrected chi connectivity index (χ3v) is 5.64. The molecule has 32 heavy (non-hydrogen) atoms. The lowest BCUT2D eigenvalue weighted by Gasteiger charge is -2.09. The van der Waals surface area contributed by atoms with Crippen molar-refractivity contribution in [1.82, 2.24) is 25.1 Å². The Morgan fingerprint density at radius 2 is 1.97 bits per heavy atom. The number of carbonyl (C=O) groups is 1. The topological polar surface area (TPSA) is 91.2 Å². The minimum atomic E-state index is -0.0638. The first-order valence-electron chi connectivity index (χ1n) is 10.1. The van der Waals surface area contributed by atoms with Crippen molar-refractivity contribution in [1.29, 1.82) is 0 Å². The van der Waals surface area contributed by atoms with Gasteiger partial charge in [-0.2, -0.15) is 0 Å². The van der Waals surface area contributed by atoms with Gasteiger partial charge in [0.1, 0.15) is 23.3 Å². The van der Waals surface area contributed by atoms with E-state index in [9.17, 15) is 4.79 Å².